The van der Waals surface area contributed by atoms with Gasteiger partial charge in [0.2, 0.25) is 5.95 Å². The van der Waals surface area contributed by atoms with Crippen molar-refractivity contribution in [3.05, 3.63) is 29.5 Å². The van der Waals surface area contributed by atoms with Crippen LogP contribution < -0.4 is 5.73 Å². The Labute approximate surface area is 130 Å². The van der Waals surface area contributed by atoms with E-state index in [1.807, 2.05) is 19.9 Å². The van der Waals surface area contributed by atoms with E-state index < -0.39 is 0 Å². The van der Waals surface area contributed by atoms with Crippen LogP contribution in [0.5, 0.6) is 0 Å². The van der Waals surface area contributed by atoms with E-state index in [1.54, 1.807) is 4.90 Å². The molecule has 1 heterocycles. The van der Waals surface area contributed by atoms with Gasteiger partial charge in [-0.15, -0.1) is 0 Å². The molecular weight excluding hydrogens is 276 g/mol. The van der Waals surface area contributed by atoms with Gasteiger partial charge in [0, 0.05) is 18.5 Å². The number of hydrogen-bond donors (Lipinski definition) is 1. The zero-order valence-corrected chi connectivity index (χ0v) is 13.2. The lowest BCUT2D eigenvalue weighted by molar-refractivity contribution is 0.0769. The van der Waals surface area contributed by atoms with Gasteiger partial charge in [0.15, 0.2) is 0 Å². The van der Waals surface area contributed by atoms with Gasteiger partial charge >= 0.3 is 0 Å². The van der Waals surface area contributed by atoms with Crippen LogP contribution in [0.25, 0.3) is 10.9 Å². The summed E-state index contributed by atoms with van der Waals surface area (Å²) in [5, 5.41) is 0.815. The second-order valence-corrected chi connectivity index (χ2v) is 5.81. The summed E-state index contributed by atoms with van der Waals surface area (Å²) in [4.78, 5) is 23.0. The summed E-state index contributed by atoms with van der Waals surface area (Å²) in [6, 6.07) is 6.14. The van der Waals surface area contributed by atoms with Crippen molar-refractivity contribution in [1.82, 2.24) is 14.9 Å². The fraction of sp³-hybridized carbons (Fsp3) is 0.471. The summed E-state index contributed by atoms with van der Waals surface area (Å²) < 4.78 is 0. The van der Waals surface area contributed by atoms with E-state index in [0.29, 0.717) is 24.7 Å². The lowest BCUT2D eigenvalue weighted by Crippen LogP contribution is -2.31. The van der Waals surface area contributed by atoms with E-state index in [-0.39, 0.29) is 11.9 Å². The highest BCUT2D eigenvalue weighted by Crippen LogP contribution is 2.37. The molecule has 1 amide bonds. The molecule has 3 rings (SSSR count). The molecule has 116 valence electrons. The Morgan fingerprint density at radius 2 is 2.00 bits per heavy atom. The number of aromatic nitrogens is 2. The van der Waals surface area contributed by atoms with Crippen molar-refractivity contribution in [2.24, 2.45) is 0 Å². The number of anilines is 1. The van der Waals surface area contributed by atoms with Gasteiger partial charge < -0.3 is 10.6 Å². The monoisotopic (exact) mass is 298 g/mol. The number of nitrogens with two attached hydrogens (primary N) is 1. The summed E-state index contributed by atoms with van der Waals surface area (Å²) in [5.41, 5.74) is 8.23. The minimum Gasteiger partial charge on any atom is -0.368 e. The third kappa shape index (κ3) is 2.51. The lowest BCUT2D eigenvalue weighted by Gasteiger charge is -2.26. The van der Waals surface area contributed by atoms with Crippen molar-refractivity contribution in [2.45, 2.75) is 39.0 Å². The van der Waals surface area contributed by atoms with Crippen LogP contribution in [-0.4, -0.2) is 33.9 Å². The van der Waals surface area contributed by atoms with E-state index in [0.717, 1.165) is 10.9 Å². The quantitative estimate of drug-likeness (QED) is 0.942. The fourth-order valence-corrected chi connectivity index (χ4v) is 2.98. The molecule has 1 fully saturated rings. The molecular formula is C17H22N4O. The molecule has 22 heavy (non-hydrogen) atoms. The summed E-state index contributed by atoms with van der Waals surface area (Å²) in [5.74, 6) is 0.688. The van der Waals surface area contributed by atoms with Crippen LogP contribution in [0.1, 0.15) is 55.1 Å². The first-order chi connectivity index (χ1) is 10.6. The largest absolute Gasteiger partial charge is 0.368 e. The molecule has 5 heteroatoms. The van der Waals surface area contributed by atoms with Gasteiger partial charge in [-0.05, 0) is 50.3 Å². The lowest BCUT2D eigenvalue weighted by atomic mass is 9.80. The molecule has 0 aliphatic heterocycles. The molecule has 2 N–H and O–H groups in total. The average Bonchev–Trinajstić information content (AvgIpc) is 2.46. The molecule has 0 spiro atoms. The minimum absolute atomic E-state index is 0.0742. The number of carbonyl (C=O) groups is 1. The molecule has 0 radical (unpaired) electrons. The molecule has 1 saturated carbocycles. The maximum Gasteiger partial charge on any atom is 0.273 e. The number of rotatable bonds is 4. The number of nitrogens with zero attached hydrogens (tertiary/aromatic N) is 3. The Balaban J connectivity index is 2.11. The molecule has 0 bridgehead atoms. The van der Waals surface area contributed by atoms with Crippen molar-refractivity contribution in [1.29, 1.82) is 0 Å². The molecule has 0 unspecified atom stereocenters. The topological polar surface area (TPSA) is 72.1 Å². The molecule has 5 nitrogen and oxygen atoms in total. The van der Waals surface area contributed by atoms with Crippen molar-refractivity contribution in [3.8, 4) is 0 Å². The Kier molecular flexibility index (Phi) is 3.96. The molecule has 2 aromatic rings. The summed E-state index contributed by atoms with van der Waals surface area (Å²) >= 11 is 0. The minimum atomic E-state index is -0.0742. The number of benzene rings is 1. The maximum absolute atomic E-state index is 12.7. The Hall–Kier alpha value is -2.17. The van der Waals surface area contributed by atoms with Gasteiger partial charge in [-0.3, -0.25) is 4.79 Å². The van der Waals surface area contributed by atoms with E-state index in [1.165, 1.54) is 24.8 Å². The van der Waals surface area contributed by atoms with Crippen molar-refractivity contribution in [2.75, 3.05) is 18.8 Å². The maximum atomic E-state index is 12.7. The van der Waals surface area contributed by atoms with Gasteiger partial charge in [-0.1, -0.05) is 12.5 Å². The van der Waals surface area contributed by atoms with E-state index in [2.05, 4.69) is 22.1 Å². The van der Waals surface area contributed by atoms with Crippen LogP contribution >= 0.6 is 0 Å². The van der Waals surface area contributed by atoms with Crippen LogP contribution in [0, 0.1) is 0 Å². The standard InChI is InChI=1S/C17H22N4O/c1-3-21(4-2)16(22)15-13-10-12(11-6-5-7-11)8-9-14(13)19-17(18)20-15/h8-11H,3-7H2,1-2H3,(H2,18,19,20). The van der Waals surface area contributed by atoms with Gasteiger partial charge in [-0.25, -0.2) is 9.97 Å². The molecule has 0 saturated heterocycles. The molecule has 1 aromatic heterocycles. The highest BCUT2D eigenvalue weighted by Gasteiger charge is 2.23. The van der Waals surface area contributed by atoms with Gasteiger partial charge in [0.1, 0.15) is 5.69 Å². The number of carbonyl (C=O) groups excluding carboxylic acids is 1. The molecule has 1 aliphatic carbocycles. The third-order valence-electron chi connectivity index (χ3n) is 4.57. The van der Waals surface area contributed by atoms with Crippen LogP contribution in [0.4, 0.5) is 5.95 Å². The van der Waals surface area contributed by atoms with Crippen molar-refractivity contribution < 1.29 is 4.79 Å². The second-order valence-electron chi connectivity index (χ2n) is 5.81. The summed E-state index contributed by atoms with van der Waals surface area (Å²) in [6.45, 7) is 5.24. The van der Waals surface area contributed by atoms with E-state index in [4.69, 9.17) is 5.73 Å². The highest BCUT2D eigenvalue weighted by molar-refractivity contribution is 6.04. The predicted octanol–water partition coefficient (Wildman–Crippen LogP) is 2.96. The first-order valence-electron chi connectivity index (χ1n) is 8.00. The number of fused-ring (bicyclic) bond motifs is 1. The normalized spacial score (nSPS) is 14.8. The predicted molar refractivity (Wildman–Crippen MR) is 87.8 cm³/mol. The van der Waals surface area contributed by atoms with Crippen molar-refractivity contribution >= 4 is 22.8 Å². The van der Waals surface area contributed by atoms with Crippen molar-refractivity contribution in [3.63, 3.8) is 0 Å². The Bertz CT molecular complexity index is 705. The molecule has 1 aliphatic rings. The fourth-order valence-electron chi connectivity index (χ4n) is 2.98. The Morgan fingerprint density at radius 1 is 1.27 bits per heavy atom. The van der Waals surface area contributed by atoms with Crippen LogP contribution in [0.15, 0.2) is 18.2 Å². The zero-order chi connectivity index (χ0) is 15.7. The number of hydrogen-bond acceptors (Lipinski definition) is 4. The smallest absolute Gasteiger partial charge is 0.273 e. The van der Waals surface area contributed by atoms with Crippen LogP contribution in [0.2, 0.25) is 0 Å². The van der Waals surface area contributed by atoms with E-state index >= 15 is 0 Å². The summed E-state index contributed by atoms with van der Waals surface area (Å²) in [7, 11) is 0. The van der Waals surface area contributed by atoms with Gasteiger partial charge in [-0.2, -0.15) is 0 Å². The van der Waals surface area contributed by atoms with Gasteiger partial charge in [0.25, 0.3) is 5.91 Å². The zero-order valence-electron chi connectivity index (χ0n) is 13.2. The SMILES string of the molecule is CCN(CC)C(=O)c1nc(N)nc2ccc(C3CCC3)cc12. The van der Waals surface area contributed by atoms with E-state index in [9.17, 15) is 4.79 Å². The highest BCUT2D eigenvalue weighted by atomic mass is 16.2. The average molecular weight is 298 g/mol. The van der Waals surface area contributed by atoms with Crippen LogP contribution in [-0.2, 0) is 0 Å². The number of nitrogen functional groups attached to an aromatic ring is 1. The molecule has 0 atom stereocenters. The summed E-state index contributed by atoms with van der Waals surface area (Å²) in [6.07, 6.45) is 3.73. The second kappa shape index (κ2) is 5.91. The Morgan fingerprint density at radius 3 is 2.59 bits per heavy atom. The number of amides is 1. The molecule has 1 aromatic carbocycles. The van der Waals surface area contributed by atoms with Gasteiger partial charge in [0.05, 0.1) is 5.52 Å². The first-order valence-corrected chi connectivity index (χ1v) is 8.00. The van der Waals surface area contributed by atoms with Crippen LogP contribution in [0.3, 0.4) is 0 Å². The third-order valence-corrected chi connectivity index (χ3v) is 4.57. The first kappa shape index (κ1) is 14.8.